The van der Waals surface area contributed by atoms with Gasteiger partial charge >= 0.3 is 0 Å². The van der Waals surface area contributed by atoms with Crippen LogP contribution in [0.1, 0.15) is 16.7 Å². The van der Waals surface area contributed by atoms with E-state index in [4.69, 9.17) is 4.74 Å². The van der Waals surface area contributed by atoms with Crippen LogP contribution in [0.5, 0.6) is 5.75 Å². The van der Waals surface area contributed by atoms with Gasteiger partial charge in [-0.2, -0.15) is 11.3 Å². The summed E-state index contributed by atoms with van der Waals surface area (Å²) in [6.07, 6.45) is 0. The first kappa shape index (κ1) is 15.4. The van der Waals surface area contributed by atoms with E-state index in [0.717, 1.165) is 30.4 Å². The highest BCUT2D eigenvalue weighted by Crippen LogP contribution is 2.18. The maximum atomic E-state index is 5.27. The second kappa shape index (κ2) is 7.69. The Hall–Kier alpha value is -2.01. The lowest BCUT2D eigenvalue weighted by atomic mass is 10.1. The summed E-state index contributed by atoms with van der Waals surface area (Å²) in [7, 11) is 3.47. The van der Waals surface area contributed by atoms with Crippen molar-refractivity contribution < 1.29 is 4.74 Å². The van der Waals surface area contributed by atoms with Gasteiger partial charge in [0, 0.05) is 20.1 Å². The number of methoxy groups -OCH3 is 1. The zero-order chi connectivity index (χ0) is 15.1. The number of ether oxygens (including phenoxy) is 1. The fourth-order valence-corrected chi connectivity index (χ4v) is 2.70. The van der Waals surface area contributed by atoms with Gasteiger partial charge in [0.25, 0.3) is 0 Å². The van der Waals surface area contributed by atoms with E-state index in [-0.39, 0.29) is 0 Å². The summed E-state index contributed by atoms with van der Waals surface area (Å²) >= 11 is 1.70. The lowest BCUT2D eigenvalue weighted by molar-refractivity contribution is 0.411. The van der Waals surface area contributed by atoms with Crippen molar-refractivity contribution in [3.8, 4) is 5.75 Å². The molecule has 0 saturated carbocycles. The molecule has 1 aromatic carbocycles. The molecule has 2 N–H and O–H groups in total. The molecule has 21 heavy (non-hydrogen) atoms. The Labute approximate surface area is 129 Å². The topological polar surface area (TPSA) is 45.7 Å². The molecule has 5 heteroatoms. The summed E-state index contributed by atoms with van der Waals surface area (Å²) in [6.45, 7) is 3.56. The Balaban J connectivity index is 1.86. The van der Waals surface area contributed by atoms with E-state index in [1.165, 1.54) is 11.1 Å². The minimum Gasteiger partial charge on any atom is -0.496 e. The Morgan fingerprint density at radius 3 is 2.52 bits per heavy atom. The number of nitrogens with zero attached hydrogens (tertiary/aromatic N) is 1. The summed E-state index contributed by atoms with van der Waals surface area (Å²) in [5.41, 5.74) is 3.60. The summed E-state index contributed by atoms with van der Waals surface area (Å²) in [5.74, 6) is 1.72. The van der Waals surface area contributed by atoms with Crippen LogP contribution in [-0.4, -0.2) is 20.1 Å². The number of guanidine groups is 1. The van der Waals surface area contributed by atoms with Gasteiger partial charge in [0.2, 0.25) is 0 Å². The Morgan fingerprint density at radius 1 is 1.19 bits per heavy atom. The van der Waals surface area contributed by atoms with Crippen molar-refractivity contribution in [2.24, 2.45) is 4.99 Å². The van der Waals surface area contributed by atoms with Gasteiger partial charge in [-0.3, -0.25) is 4.99 Å². The number of rotatable bonds is 5. The van der Waals surface area contributed by atoms with Gasteiger partial charge in [0.1, 0.15) is 5.75 Å². The molecule has 112 valence electrons. The third kappa shape index (κ3) is 4.49. The number of thiophene rings is 1. The van der Waals surface area contributed by atoms with Gasteiger partial charge in [0.15, 0.2) is 5.96 Å². The van der Waals surface area contributed by atoms with Crippen molar-refractivity contribution in [2.45, 2.75) is 20.0 Å². The molecule has 0 atom stereocenters. The van der Waals surface area contributed by atoms with Gasteiger partial charge in [-0.05, 0) is 46.5 Å². The molecule has 0 aliphatic carbocycles. The van der Waals surface area contributed by atoms with Crippen LogP contribution < -0.4 is 15.4 Å². The van der Waals surface area contributed by atoms with Crippen LogP contribution in [0.2, 0.25) is 0 Å². The molecule has 0 amide bonds. The zero-order valence-corrected chi connectivity index (χ0v) is 13.5. The molecule has 0 fully saturated rings. The second-order valence-corrected chi connectivity index (χ2v) is 5.49. The minimum absolute atomic E-state index is 0.730. The Kier molecular flexibility index (Phi) is 5.63. The van der Waals surface area contributed by atoms with E-state index in [0.29, 0.717) is 0 Å². The predicted octanol–water partition coefficient (Wildman–Crippen LogP) is 2.93. The fourth-order valence-electron chi connectivity index (χ4n) is 2.04. The van der Waals surface area contributed by atoms with Crippen LogP contribution in [0.3, 0.4) is 0 Å². The van der Waals surface area contributed by atoms with Crippen molar-refractivity contribution in [3.05, 3.63) is 51.7 Å². The van der Waals surface area contributed by atoms with Crippen molar-refractivity contribution in [1.82, 2.24) is 10.6 Å². The normalized spacial score (nSPS) is 11.3. The zero-order valence-electron chi connectivity index (χ0n) is 12.6. The third-order valence-corrected chi connectivity index (χ3v) is 3.91. The first-order valence-electron chi connectivity index (χ1n) is 6.82. The summed E-state index contributed by atoms with van der Waals surface area (Å²) in [5, 5.41) is 10.8. The van der Waals surface area contributed by atoms with Crippen molar-refractivity contribution >= 4 is 17.3 Å². The quantitative estimate of drug-likeness (QED) is 0.659. The van der Waals surface area contributed by atoms with Gasteiger partial charge < -0.3 is 15.4 Å². The monoisotopic (exact) mass is 303 g/mol. The number of aliphatic imine (C=N–C) groups is 1. The largest absolute Gasteiger partial charge is 0.496 e. The Bertz CT molecular complexity index is 594. The molecule has 0 saturated heterocycles. The van der Waals surface area contributed by atoms with E-state index in [1.54, 1.807) is 25.5 Å². The van der Waals surface area contributed by atoms with Crippen LogP contribution in [0.25, 0.3) is 0 Å². The summed E-state index contributed by atoms with van der Waals surface area (Å²) < 4.78 is 5.27. The van der Waals surface area contributed by atoms with Gasteiger partial charge in [-0.1, -0.05) is 12.1 Å². The maximum absolute atomic E-state index is 5.27. The molecular weight excluding hydrogens is 282 g/mol. The van der Waals surface area contributed by atoms with Crippen LogP contribution in [0.4, 0.5) is 0 Å². The van der Waals surface area contributed by atoms with Crippen LogP contribution in [0, 0.1) is 6.92 Å². The van der Waals surface area contributed by atoms with Gasteiger partial charge in [0.05, 0.1) is 7.11 Å². The predicted molar refractivity (Wildman–Crippen MR) is 89.1 cm³/mol. The molecule has 0 spiro atoms. The average Bonchev–Trinajstić information content (AvgIpc) is 3.01. The number of hydrogen-bond donors (Lipinski definition) is 2. The smallest absolute Gasteiger partial charge is 0.191 e. The van der Waals surface area contributed by atoms with Gasteiger partial charge in [-0.25, -0.2) is 0 Å². The molecule has 0 radical (unpaired) electrons. The average molecular weight is 303 g/mol. The van der Waals surface area contributed by atoms with E-state index < -0.39 is 0 Å². The number of aryl methyl sites for hydroxylation is 1. The highest BCUT2D eigenvalue weighted by molar-refractivity contribution is 7.07. The lowest BCUT2D eigenvalue weighted by Crippen LogP contribution is -2.36. The summed E-state index contributed by atoms with van der Waals surface area (Å²) in [4.78, 5) is 4.23. The molecule has 1 aromatic heterocycles. The maximum Gasteiger partial charge on any atom is 0.191 e. The molecule has 0 unspecified atom stereocenters. The molecule has 2 rings (SSSR count). The van der Waals surface area contributed by atoms with E-state index >= 15 is 0 Å². The Morgan fingerprint density at radius 2 is 1.95 bits per heavy atom. The molecular formula is C16H21N3OS. The van der Waals surface area contributed by atoms with Gasteiger partial charge in [-0.15, -0.1) is 0 Å². The number of nitrogens with one attached hydrogen (secondary N) is 2. The van der Waals surface area contributed by atoms with Crippen molar-refractivity contribution in [1.29, 1.82) is 0 Å². The summed E-state index contributed by atoms with van der Waals surface area (Å²) in [6, 6.07) is 8.29. The van der Waals surface area contributed by atoms with Crippen LogP contribution >= 0.6 is 11.3 Å². The van der Waals surface area contributed by atoms with Crippen LogP contribution in [-0.2, 0) is 13.1 Å². The molecule has 2 aromatic rings. The highest BCUT2D eigenvalue weighted by atomic mass is 32.1. The number of benzene rings is 1. The second-order valence-electron chi connectivity index (χ2n) is 4.71. The van der Waals surface area contributed by atoms with E-state index in [2.05, 4.69) is 44.6 Å². The van der Waals surface area contributed by atoms with Crippen molar-refractivity contribution in [2.75, 3.05) is 14.2 Å². The van der Waals surface area contributed by atoms with E-state index in [1.807, 2.05) is 13.0 Å². The molecule has 1 heterocycles. The molecule has 4 nitrogen and oxygen atoms in total. The van der Waals surface area contributed by atoms with E-state index in [9.17, 15) is 0 Å². The molecule has 0 bridgehead atoms. The van der Waals surface area contributed by atoms with Crippen molar-refractivity contribution in [3.63, 3.8) is 0 Å². The first-order chi connectivity index (χ1) is 10.2. The van der Waals surface area contributed by atoms with Crippen LogP contribution in [0.15, 0.2) is 40.0 Å². The molecule has 0 aliphatic heterocycles. The number of hydrogen-bond acceptors (Lipinski definition) is 3. The lowest BCUT2D eigenvalue weighted by Gasteiger charge is -2.12. The fraction of sp³-hybridized carbons (Fsp3) is 0.312. The molecule has 0 aliphatic rings. The highest BCUT2D eigenvalue weighted by Gasteiger charge is 2.02. The standard InChI is InChI=1S/C16H21N3OS/c1-12-8-13(4-5-15(12)20-3)9-18-16(17-2)19-10-14-6-7-21-11-14/h4-8,11H,9-10H2,1-3H3,(H2,17,18,19). The first-order valence-corrected chi connectivity index (χ1v) is 7.76. The SMILES string of the molecule is CN=C(NCc1ccsc1)NCc1ccc(OC)c(C)c1. The minimum atomic E-state index is 0.730. The third-order valence-electron chi connectivity index (χ3n) is 3.18.